The second kappa shape index (κ2) is 4.97. The quantitative estimate of drug-likeness (QED) is 0.830. The fourth-order valence-corrected chi connectivity index (χ4v) is 3.53. The van der Waals surface area contributed by atoms with Gasteiger partial charge >= 0.3 is 0 Å². The first-order valence-electron chi connectivity index (χ1n) is 5.80. The van der Waals surface area contributed by atoms with Crippen molar-refractivity contribution in [1.29, 1.82) is 0 Å². The van der Waals surface area contributed by atoms with Crippen molar-refractivity contribution in [3.05, 3.63) is 29.8 Å². The first-order chi connectivity index (χ1) is 8.82. The zero-order valence-electron chi connectivity index (χ0n) is 10.3. The lowest BCUT2D eigenvalue weighted by atomic mass is 10.0. The van der Waals surface area contributed by atoms with Crippen LogP contribution in [0, 0.1) is 17.6 Å². The summed E-state index contributed by atoms with van der Waals surface area (Å²) in [6, 6.07) is 2.46. The molecule has 1 aliphatic heterocycles. The number of carbonyl (C=O) groups excluding carboxylic acids is 1. The first-order valence-corrected chi connectivity index (χ1v) is 7.24. The highest BCUT2D eigenvalue weighted by molar-refractivity contribution is 7.89. The molecule has 1 aromatic rings. The van der Waals surface area contributed by atoms with E-state index in [-0.39, 0.29) is 36.1 Å². The molecule has 0 spiro atoms. The van der Waals surface area contributed by atoms with E-state index >= 15 is 0 Å². The Kier molecular flexibility index (Phi) is 3.69. The Bertz CT molecular complexity index is 615. The smallest absolute Gasteiger partial charge is 0.243 e. The second-order valence-corrected chi connectivity index (χ2v) is 6.49. The summed E-state index contributed by atoms with van der Waals surface area (Å²) >= 11 is 0. The Morgan fingerprint density at radius 2 is 1.95 bits per heavy atom. The standard InChI is InChI=1S/C12H13F2NO3S/c1-8-7-15(5-4-12(8)16)19(17,18)9-2-3-10(13)11(14)6-9/h2-3,6,8H,4-5,7H2,1H3. The van der Waals surface area contributed by atoms with Crippen LogP contribution >= 0.6 is 0 Å². The van der Waals surface area contributed by atoms with E-state index in [0.29, 0.717) is 6.07 Å². The fraction of sp³-hybridized carbons (Fsp3) is 0.417. The van der Waals surface area contributed by atoms with Crippen LogP contribution in [0.4, 0.5) is 8.78 Å². The lowest BCUT2D eigenvalue weighted by molar-refractivity contribution is -0.124. The predicted octanol–water partition coefficient (Wildman–Crippen LogP) is 1.56. The average Bonchev–Trinajstić information content (AvgIpc) is 2.35. The highest BCUT2D eigenvalue weighted by Crippen LogP contribution is 2.23. The number of sulfonamides is 1. The molecule has 0 saturated carbocycles. The molecule has 1 atom stereocenters. The number of piperidine rings is 1. The summed E-state index contributed by atoms with van der Waals surface area (Å²) in [5.41, 5.74) is 0. The lowest BCUT2D eigenvalue weighted by Gasteiger charge is -2.29. The molecule has 1 saturated heterocycles. The molecule has 1 heterocycles. The molecule has 7 heteroatoms. The van der Waals surface area contributed by atoms with Crippen molar-refractivity contribution in [3.8, 4) is 0 Å². The molecule has 0 N–H and O–H groups in total. The van der Waals surface area contributed by atoms with Gasteiger partial charge in [-0.2, -0.15) is 4.31 Å². The third-order valence-electron chi connectivity index (χ3n) is 3.16. The minimum atomic E-state index is -3.88. The summed E-state index contributed by atoms with van der Waals surface area (Å²) in [7, 11) is -3.88. The van der Waals surface area contributed by atoms with Crippen molar-refractivity contribution in [3.63, 3.8) is 0 Å². The average molecular weight is 289 g/mol. The number of halogens is 2. The van der Waals surface area contributed by atoms with Crippen LogP contribution in [0.25, 0.3) is 0 Å². The van der Waals surface area contributed by atoms with Crippen molar-refractivity contribution >= 4 is 15.8 Å². The van der Waals surface area contributed by atoms with Crippen LogP contribution in [-0.2, 0) is 14.8 Å². The molecular weight excluding hydrogens is 276 g/mol. The van der Waals surface area contributed by atoms with E-state index in [1.165, 1.54) is 0 Å². The monoisotopic (exact) mass is 289 g/mol. The maximum atomic E-state index is 13.1. The Hall–Kier alpha value is -1.34. The topological polar surface area (TPSA) is 54.5 Å². The van der Waals surface area contributed by atoms with E-state index in [2.05, 4.69) is 0 Å². The Morgan fingerprint density at radius 3 is 2.53 bits per heavy atom. The van der Waals surface area contributed by atoms with Crippen LogP contribution in [0.3, 0.4) is 0 Å². The van der Waals surface area contributed by atoms with Crippen LogP contribution < -0.4 is 0 Å². The largest absolute Gasteiger partial charge is 0.299 e. The van der Waals surface area contributed by atoms with Gasteiger partial charge < -0.3 is 0 Å². The molecule has 0 aromatic heterocycles. The molecule has 19 heavy (non-hydrogen) atoms. The van der Waals surface area contributed by atoms with Crippen molar-refractivity contribution in [2.24, 2.45) is 5.92 Å². The zero-order valence-corrected chi connectivity index (χ0v) is 11.1. The maximum Gasteiger partial charge on any atom is 0.243 e. The molecular formula is C12H13F2NO3S. The van der Waals surface area contributed by atoms with Crippen LogP contribution in [-0.4, -0.2) is 31.6 Å². The van der Waals surface area contributed by atoms with E-state index in [9.17, 15) is 22.0 Å². The number of rotatable bonds is 2. The molecule has 4 nitrogen and oxygen atoms in total. The van der Waals surface area contributed by atoms with Gasteiger partial charge in [0.05, 0.1) is 4.90 Å². The molecule has 0 bridgehead atoms. The van der Waals surface area contributed by atoms with Crippen LogP contribution in [0.1, 0.15) is 13.3 Å². The molecule has 1 unspecified atom stereocenters. The minimum Gasteiger partial charge on any atom is -0.299 e. The third kappa shape index (κ3) is 2.66. The van der Waals surface area contributed by atoms with Gasteiger partial charge in [-0.25, -0.2) is 17.2 Å². The number of carbonyl (C=O) groups is 1. The molecule has 104 valence electrons. The van der Waals surface area contributed by atoms with Gasteiger partial charge in [-0.1, -0.05) is 6.92 Å². The third-order valence-corrected chi connectivity index (χ3v) is 5.02. The van der Waals surface area contributed by atoms with Crippen molar-refractivity contribution in [1.82, 2.24) is 4.31 Å². The van der Waals surface area contributed by atoms with E-state index in [1.54, 1.807) is 6.92 Å². The van der Waals surface area contributed by atoms with Crippen LogP contribution in [0.2, 0.25) is 0 Å². The molecule has 2 rings (SSSR count). The summed E-state index contributed by atoms with van der Waals surface area (Å²) in [5, 5.41) is 0. The normalized spacial score (nSPS) is 21.6. The number of hydrogen-bond acceptors (Lipinski definition) is 3. The molecule has 1 aromatic carbocycles. The molecule has 0 aliphatic carbocycles. The van der Waals surface area contributed by atoms with Gasteiger partial charge in [0, 0.05) is 25.4 Å². The predicted molar refractivity (Wildman–Crippen MR) is 63.9 cm³/mol. The van der Waals surface area contributed by atoms with Gasteiger partial charge in [-0.15, -0.1) is 0 Å². The van der Waals surface area contributed by atoms with Gasteiger partial charge in [-0.05, 0) is 18.2 Å². The Labute approximate surface area is 110 Å². The van der Waals surface area contributed by atoms with Gasteiger partial charge in [-0.3, -0.25) is 4.79 Å². The van der Waals surface area contributed by atoms with Crippen molar-refractivity contribution in [2.75, 3.05) is 13.1 Å². The summed E-state index contributed by atoms with van der Waals surface area (Å²) in [6.07, 6.45) is 0.143. The van der Waals surface area contributed by atoms with Crippen LogP contribution in [0.5, 0.6) is 0 Å². The first kappa shape index (κ1) is 14.1. The Balaban J connectivity index is 2.32. The molecule has 1 fully saturated rings. The molecule has 0 radical (unpaired) electrons. The van der Waals surface area contributed by atoms with E-state index in [0.717, 1.165) is 16.4 Å². The van der Waals surface area contributed by atoms with Gasteiger partial charge in [0.15, 0.2) is 11.6 Å². The van der Waals surface area contributed by atoms with E-state index in [1.807, 2.05) is 0 Å². The van der Waals surface area contributed by atoms with Gasteiger partial charge in [0.25, 0.3) is 0 Å². The van der Waals surface area contributed by atoms with E-state index < -0.39 is 21.7 Å². The van der Waals surface area contributed by atoms with Crippen molar-refractivity contribution < 1.29 is 22.0 Å². The zero-order chi connectivity index (χ0) is 14.2. The highest BCUT2D eigenvalue weighted by atomic mass is 32.2. The lowest BCUT2D eigenvalue weighted by Crippen LogP contribution is -2.43. The second-order valence-electron chi connectivity index (χ2n) is 4.56. The minimum absolute atomic E-state index is 0.0109. The van der Waals surface area contributed by atoms with Gasteiger partial charge in [0.1, 0.15) is 5.78 Å². The summed E-state index contributed by atoms with van der Waals surface area (Å²) in [5.74, 6) is -2.67. The van der Waals surface area contributed by atoms with Crippen LogP contribution in [0.15, 0.2) is 23.1 Å². The number of Topliss-reactive ketones (excluding diaryl/α,β-unsaturated/α-hetero) is 1. The number of hydrogen-bond donors (Lipinski definition) is 0. The Morgan fingerprint density at radius 1 is 1.26 bits per heavy atom. The van der Waals surface area contributed by atoms with Crippen molar-refractivity contribution in [2.45, 2.75) is 18.2 Å². The SMILES string of the molecule is CC1CN(S(=O)(=O)c2ccc(F)c(F)c2)CCC1=O. The number of ketones is 1. The maximum absolute atomic E-state index is 13.1. The summed E-state index contributed by atoms with van der Waals surface area (Å²) in [4.78, 5) is 11.1. The van der Waals surface area contributed by atoms with Gasteiger partial charge in [0.2, 0.25) is 10.0 Å². The number of benzene rings is 1. The van der Waals surface area contributed by atoms with E-state index in [4.69, 9.17) is 0 Å². The molecule has 1 aliphatic rings. The summed E-state index contributed by atoms with van der Waals surface area (Å²) in [6.45, 7) is 1.79. The fourth-order valence-electron chi connectivity index (χ4n) is 1.98. The highest BCUT2D eigenvalue weighted by Gasteiger charge is 2.32. The summed E-state index contributed by atoms with van der Waals surface area (Å²) < 4.78 is 51.5. The molecule has 0 amide bonds. The number of nitrogens with zero attached hydrogens (tertiary/aromatic N) is 1.